The molecule has 0 atom stereocenters. The minimum Gasteiger partial charge on any atom is -0.365 e. The molecule has 4 nitrogen and oxygen atoms in total. The molecule has 4 rings (SSSR count). The third-order valence-corrected chi connectivity index (χ3v) is 5.69. The van der Waals surface area contributed by atoms with E-state index >= 15 is 0 Å². The molecular formula is C27H25FN2O2. The van der Waals surface area contributed by atoms with Crippen LogP contribution >= 0.6 is 0 Å². The largest absolute Gasteiger partial charge is 0.365 e. The van der Waals surface area contributed by atoms with E-state index in [1.165, 1.54) is 17.0 Å². The normalized spacial score (nSPS) is 13.8. The molecule has 1 aliphatic rings. The molecule has 0 bridgehead atoms. The first-order valence-corrected chi connectivity index (χ1v) is 10.5. The Balaban J connectivity index is 1.75. The summed E-state index contributed by atoms with van der Waals surface area (Å²) in [7, 11) is 1.83. The fourth-order valence-corrected chi connectivity index (χ4v) is 4.11. The molecule has 0 fully saturated rings. The van der Waals surface area contributed by atoms with Gasteiger partial charge in [-0.05, 0) is 48.2 Å². The maximum atomic E-state index is 13.5. The van der Waals surface area contributed by atoms with Crippen LogP contribution in [0.3, 0.4) is 0 Å². The summed E-state index contributed by atoms with van der Waals surface area (Å²) in [6, 6.07) is 21.6. The summed E-state index contributed by atoms with van der Waals surface area (Å²) in [4.78, 5) is 30.1. The Morgan fingerprint density at radius 3 is 2.19 bits per heavy atom. The minimum absolute atomic E-state index is 0.0923. The highest BCUT2D eigenvalue weighted by Crippen LogP contribution is 2.34. The van der Waals surface area contributed by atoms with E-state index in [0.29, 0.717) is 23.4 Å². The molecule has 0 saturated heterocycles. The van der Waals surface area contributed by atoms with Crippen LogP contribution in [0.5, 0.6) is 0 Å². The molecule has 0 aliphatic carbocycles. The van der Waals surface area contributed by atoms with Crippen LogP contribution in [-0.2, 0) is 22.7 Å². The van der Waals surface area contributed by atoms with Crippen molar-refractivity contribution in [1.29, 1.82) is 0 Å². The fourth-order valence-electron chi connectivity index (χ4n) is 4.11. The predicted molar refractivity (Wildman–Crippen MR) is 123 cm³/mol. The summed E-state index contributed by atoms with van der Waals surface area (Å²) in [6.45, 7) is 4.53. The van der Waals surface area contributed by atoms with Gasteiger partial charge in [0, 0.05) is 13.6 Å². The summed E-state index contributed by atoms with van der Waals surface area (Å²) < 4.78 is 13.3. The van der Waals surface area contributed by atoms with Crippen molar-refractivity contribution in [3.05, 3.63) is 112 Å². The van der Waals surface area contributed by atoms with Crippen molar-refractivity contribution in [2.24, 2.45) is 0 Å². The van der Waals surface area contributed by atoms with Crippen molar-refractivity contribution in [1.82, 2.24) is 9.80 Å². The summed E-state index contributed by atoms with van der Waals surface area (Å²) in [6.07, 6.45) is 0. The van der Waals surface area contributed by atoms with Gasteiger partial charge in [0.15, 0.2) is 0 Å². The molecule has 0 aromatic heterocycles. The van der Waals surface area contributed by atoms with Crippen LogP contribution in [0, 0.1) is 19.7 Å². The highest BCUT2D eigenvalue weighted by molar-refractivity contribution is 6.35. The average molecular weight is 429 g/mol. The second-order valence-corrected chi connectivity index (χ2v) is 8.21. The van der Waals surface area contributed by atoms with Crippen LogP contribution in [0.1, 0.15) is 27.8 Å². The predicted octanol–water partition coefficient (Wildman–Crippen LogP) is 4.85. The van der Waals surface area contributed by atoms with E-state index < -0.39 is 0 Å². The van der Waals surface area contributed by atoms with Crippen LogP contribution in [0.4, 0.5) is 4.39 Å². The minimum atomic E-state index is -0.356. The van der Waals surface area contributed by atoms with E-state index in [1.54, 1.807) is 12.1 Å². The van der Waals surface area contributed by atoms with Gasteiger partial charge in [-0.2, -0.15) is 0 Å². The van der Waals surface area contributed by atoms with E-state index in [1.807, 2.05) is 74.3 Å². The number of hydrogen-bond donors (Lipinski definition) is 0. The molecule has 0 unspecified atom stereocenters. The van der Waals surface area contributed by atoms with Gasteiger partial charge in [0.05, 0.1) is 12.1 Å². The molecule has 0 spiro atoms. The number of hydrogen-bond acceptors (Lipinski definition) is 3. The first-order chi connectivity index (χ1) is 15.3. The Bertz CT molecular complexity index is 1200. The molecule has 162 valence electrons. The smallest absolute Gasteiger partial charge is 0.278 e. The SMILES string of the molecule is Cc1ccc(C2=C(N(C)Cc3ccccc3)C(=O)N(Cc3ccc(F)cc3)C2=O)c(C)c1. The van der Waals surface area contributed by atoms with Crippen molar-refractivity contribution < 1.29 is 14.0 Å². The number of amides is 2. The van der Waals surface area contributed by atoms with Gasteiger partial charge in [-0.25, -0.2) is 4.39 Å². The zero-order valence-electron chi connectivity index (χ0n) is 18.4. The molecule has 1 heterocycles. The topological polar surface area (TPSA) is 40.6 Å². The maximum absolute atomic E-state index is 13.5. The summed E-state index contributed by atoms with van der Waals surface area (Å²) >= 11 is 0. The zero-order chi connectivity index (χ0) is 22.8. The molecular weight excluding hydrogens is 403 g/mol. The average Bonchev–Trinajstić information content (AvgIpc) is 3.01. The highest BCUT2D eigenvalue weighted by atomic mass is 19.1. The summed E-state index contributed by atoms with van der Waals surface area (Å²) in [5.41, 5.74) is 5.31. The number of benzene rings is 3. The van der Waals surface area contributed by atoms with Gasteiger partial charge >= 0.3 is 0 Å². The van der Waals surface area contributed by atoms with Crippen molar-refractivity contribution in [3.8, 4) is 0 Å². The van der Waals surface area contributed by atoms with Crippen molar-refractivity contribution in [2.45, 2.75) is 26.9 Å². The monoisotopic (exact) mass is 428 g/mol. The Kier molecular flexibility index (Phi) is 5.91. The Labute approximate surface area is 187 Å². The Hall–Kier alpha value is -3.73. The fraction of sp³-hybridized carbons (Fsp3) is 0.185. The molecule has 32 heavy (non-hydrogen) atoms. The van der Waals surface area contributed by atoms with Crippen LogP contribution in [0.25, 0.3) is 5.57 Å². The molecule has 0 radical (unpaired) electrons. The van der Waals surface area contributed by atoms with Gasteiger partial charge < -0.3 is 4.90 Å². The van der Waals surface area contributed by atoms with Crippen molar-refractivity contribution in [2.75, 3.05) is 7.05 Å². The second kappa shape index (κ2) is 8.79. The number of rotatable bonds is 6. The standard InChI is InChI=1S/C27H25FN2O2/c1-18-9-14-23(19(2)15-18)24-25(29(3)16-20-7-5-4-6-8-20)27(32)30(26(24)31)17-21-10-12-22(28)13-11-21/h4-15H,16-17H2,1-3H3. The number of halogens is 1. The molecule has 3 aromatic carbocycles. The van der Waals surface area contributed by atoms with E-state index in [-0.39, 0.29) is 24.2 Å². The van der Waals surface area contributed by atoms with Gasteiger partial charge in [-0.15, -0.1) is 0 Å². The second-order valence-electron chi connectivity index (χ2n) is 8.21. The lowest BCUT2D eigenvalue weighted by Gasteiger charge is -2.22. The van der Waals surface area contributed by atoms with Crippen molar-refractivity contribution >= 4 is 17.4 Å². The van der Waals surface area contributed by atoms with Gasteiger partial charge in [0.25, 0.3) is 11.8 Å². The quantitative estimate of drug-likeness (QED) is 0.527. The number of nitrogens with zero attached hydrogens (tertiary/aromatic N) is 2. The number of carbonyl (C=O) groups excluding carboxylic acids is 2. The van der Waals surface area contributed by atoms with E-state index in [9.17, 15) is 14.0 Å². The molecule has 2 amide bonds. The number of aryl methyl sites for hydroxylation is 2. The van der Waals surface area contributed by atoms with Gasteiger partial charge in [0.2, 0.25) is 0 Å². The lowest BCUT2D eigenvalue weighted by molar-refractivity contribution is -0.138. The zero-order valence-corrected chi connectivity index (χ0v) is 18.4. The Morgan fingerprint density at radius 1 is 0.844 bits per heavy atom. The van der Waals surface area contributed by atoms with Gasteiger partial charge in [-0.1, -0.05) is 66.2 Å². The van der Waals surface area contributed by atoms with Crippen molar-refractivity contribution in [3.63, 3.8) is 0 Å². The van der Waals surface area contributed by atoms with Gasteiger partial charge in [0.1, 0.15) is 11.5 Å². The lowest BCUT2D eigenvalue weighted by atomic mass is 9.97. The maximum Gasteiger partial charge on any atom is 0.278 e. The lowest BCUT2D eigenvalue weighted by Crippen LogP contribution is -2.33. The van der Waals surface area contributed by atoms with E-state index in [4.69, 9.17) is 0 Å². The van der Waals surface area contributed by atoms with Crippen LogP contribution in [-0.4, -0.2) is 28.7 Å². The number of likely N-dealkylation sites (N-methyl/N-ethyl adjacent to an activating group) is 1. The summed E-state index contributed by atoms with van der Waals surface area (Å²) in [5.74, 6) is -1.03. The summed E-state index contributed by atoms with van der Waals surface area (Å²) in [5, 5.41) is 0. The first kappa shape index (κ1) is 21.5. The number of carbonyl (C=O) groups is 2. The van der Waals surface area contributed by atoms with Crippen LogP contribution in [0.2, 0.25) is 0 Å². The molecule has 5 heteroatoms. The highest BCUT2D eigenvalue weighted by Gasteiger charge is 2.41. The number of imide groups is 1. The molecule has 3 aromatic rings. The van der Waals surface area contributed by atoms with E-state index in [2.05, 4.69) is 0 Å². The van der Waals surface area contributed by atoms with E-state index in [0.717, 1.165) is 22.3 Å². The first-order valence-electron chi connectivity index (χ1n) is 10.5. The molecule has 0 saturated carbocycles. The third kappa shape index (κ3) is 4.19. The molecule has 1 aliphatic heterocycles. The molecule has 0 N–H and O–H groups in total. The Morgan fingerprint density at radius 2 is 1.53 bits per heavy atom. The van der Waals surface area contributed by atoms with Crippen LogP contribution < -0.4 is 0 Å². The van der Waals surface area contributed by atoms with Crippen LogP contribution in [0.15, 0.2) is 78.5 Å². The third-order valence-electron chi connectivity index (χ3n) is 5.69. The van der Waals surface area contributed by atoms with Gasteiger partial charge in [-0.3, -0.25) is 14.5 Å².